The predicted molar refractivity (Wildman–Crippen MR) is 73.9 cm³/mol. The normalized spacial score (nSPS) is 18.5. The van der Waals surface area contributed by atoms with Gasteiger partial charge in [0.15, 0.2) is 0 Å². The molecule has 19 heavy (non-hydrogen) atoms. The monoisotopic (exact) mass is 300 g/mol. The van der Waals surface area contributed by atoms with Crippen LogP contribution in [0.2, 0.25) is 10.0 Å². The molecular weight excluding hydrogens is 287 g/mol. The third-order valence-electron chi connectivity index (χ3n) is 3.20. The molecule has 3 nitrogen and oxygen atoms in total. The largest absolute Gasteiger partial charge is 0.490 e. The first-order valence-electron chi connectivity index (χ1n) is 6.10. The zero-order valence-electron chi connectivity index (χ0n) is 10.5. The maximum atomic E-state index is 11.4. The smallest absolute Gasteiger partial charge is 0.140 e. The molecule has 1 aromatic carbocycles. The number of Topliss-reactive ketones (excluding diaryl/α,β-unsaturated/α-hetero) is 2. The molecule has 1 aromatic rings. The number of ketones is 2. The molecule has 1 fully saturated rings. The van der Waals surface area contributed by atoms with Crippen molar-refractivity contribution in [3.8, 4) is 5.75 Å². The van der Waals surface area contributed by atoms with E-state index in [9.17, 15) is 9.59 Å². The predicted octanol–water partition coefficient (Wildman–Crippen LogP) is 3.70. The average molecular weight is 301 g/mol. The molecule has 0 bridgehead atoms. The minimum atomic E-state index is -0.234. The maximum absolute atomic E-state index is 11.4. The molecular formula is C14H14Cl2O3. The minimum absolute atomic E-state index is 0.0131. The van der Waals surface area contributed by atoms with Crippen molar-refractivity contribution >= 4 is 34.8 Å². The Bertz CT molecular complexity index is 477. The van der Waals surface area contributed by atoms with Crippen LogP contribution in [0.5, 0.6) is 5.75 Å². The first-order chi connectivity index (χ1) is 8.94. The SMILES string of the molecule is CC(Oc1cc(Cl)cc(Cl)c1)C1CC(=O)CC(=O)C1. The Kier molecular flexibility index (Phi) is 4.48. The Morgan fingerprint density at radius 1 is 1.11 bits per heavy atom. The molecule has 2 rings (SSSR count). The minimum Gasteiger partial charge on any atom is -0.490 e. The van der Waals surface area contributed by atoms with Crippen LogP contribution in [0.25, 0.3) is 0 Å². The number of rotatable bonds is 3. The summed E-state index contributed by atoms with van der Waals surface area (Å²) in [6.45, 7) is 1.85. The molecule has 102 valence electrons. The first-order valence-corrected chi connectivity index (χ1v) is 6.86. The fraction of sp³-hybridized carbons (Fsp3) is 0.429. The maximum Gasteiger partial charge on any atom is 0.140 e. The molecule has 0 amide bonds. The fourth-order valence-electron chi connectivity index (χ4n) is 2.26. The zero-order valence-corrected chi connectivity index (χ0v) is 12.0. The molecule has 1 atom stereocenters. The molecule has 0 radical (unpaired) electrons. The van der Waals surface area contributed by atoms with Crippen molar-refractivity contribution in [2.75, 3.05) is 0 Å². The lowest BCUT2D eigenvalue weighted by Crippen LogP contribution is -2.32. The van der Waals surface area contributed by atoms with E-state index in [1.54, 1.807) is 18.2 Å². The lowest BCUT2D eigenvalue weighted by Gasteiger charge is -2.26. The molecule has 1 aliphatic carbocycles. The van der Waals surface area contributed by atoms with Crippen LogP contribution >= 0.6 is 23.2 Å². The van der Waals surface area contributed by atoms with Gasteiger partial charge in [0, 0.05) is 28.8 Å². The van der Waals surface area contributed by atoms with E-state index in [-0.39, 0.29) is 30.0 Å². The Balaban J connectivity index is 2.05. The molecule has 0 N–H and O–H groups in total. The van der Waals surface area contributed by atoms with Crippen LogP contribution in [0.3, 0.4) is 0 Å². The highest BCUT2D eigenvalue weighted by Gasteiger charge is 2.30. The molecule has 1 unspecified atom stereocenters. The van der Waals surface area contributed by atoms with Gasteiger partial charge in [-0.3, -0.25) is 9.59 Å². The lowest BCUT2D eigenvalue weighted by atomic mass is 9.84. The highest BCUT2D eigenvalue weighted by atomic mass is 35.5. The van der Waals surface area contributed by atoms with Crippen molar-refractivity contribution in [1.82, 2.24) is 0 Å². The van der Waals surface area contributed by atoms with Crippen molar-refractivity contribution in [3.63, 3.8) is 0 Å². The molecule has 1 saturated carbocycles. The fourth-order valence-corrected chi connectivity index (χ4v) is 2.77. The van der Waals surface area contributed by atoms with Gasteiger partial charge >= 0.3 is 0 Å². The Labute approximate surface area is 121 Å². The summed E-state index contributed by atoms with van der Waals surface area (Å²) in [4.78, 5) is 22.9. The van der Waals surface area contributed by atoms with Crippen LogP contribution < -0.4 is 4.74 Å². The average Bonchev–Trinajstić information content (AvgIpc) is 2.25. The Morgan fingerprint density at radius 3 is 2.16 bits per heavy atom. The van der Waals surface area contributed by atoms with E-state index in [2.05, 4.69) is 0 Å². The Morgan fingerprint density at radius 2 is 1.63 bits per heavy atom. The van der Waals surface area contributed by atoms with Crippen molar-refractivity contribution < 1.29 is 14.3 Å². The van der Waals surface area contributed by atoms with Crippen LogP contribution in [-0.2, 0) is 9.59 Å². The highest BCUT2D eigenvalue weighted by molar-refractivity contribution is 6.34. The molecule has 0 aliphatic heterocycles. The van der Waals surface area contributed by atoms with Crippen LogP contribution in [0.4, 0.5) is 0 Å². The number of ether oxygens (including phenoxy) is 1. The summed E-state index contributed by atoms with van der Waals surface area (Å²) in [5.41, 5.74) is 0. The quantitative estimate of drug-likeness (QED) is 0.800. The molecule has 0 saturated heterocycles. The van der Waals surface area contributed by atoms with E-state index >= 15 is 0 Å². The summed E-state index contributed by atoms with van der Waals surface area (Å²) in [6, 6.07) is 4.95. The van der Waals surface area contributed by atoms with Crippen LogP contribution in [0.1, 0.15) is 26.2 Å². The van der Waals surface area contributed by atoms with Crippen molar-refractivity contribution in [2.24, 2.45) is 5.92 Å². The van der Waals surface area contributed by atoms with Gasteiger partial charge in [-0.15, -0.1) is 0 Å². The van der Waals surface area contributed by atoms with E-state index in [0.717, 1.165) is 0 Å². The second-order valence-electron chi connectivity index (χ2n) is 4.85. The second-order valence-corrected chi connectivity index (χ2v) is 5.72. The number of hydrogen-bond acceptors (Lipinski definition) is 3. The number of halogens is 2. The van der Waals surface area contributed by atoms with Crippen LogP contribution in [0.15, 0.2) is 18.2 Å². The summed E-state index contributed by atoms with van der Waals surface area (Å²) in [5, 5.41) is 0.982. The van der Waals surface area contributed by atoms with Gasteiger partial charge in [0.2, 0.25) is 0 Å². The van der Waals surface area contributed by atoms with Crippen molar-refractivity contribution in [2.45, 2.75) is 32.3 Å². The van der Waals surface area contributed by atoms with Gasteiger partial charge in [-0.1, -0.05) is 23.2 Å². The topological polar surface area (TPSA) is 43.4 Å². The molecule has 0 spiro atoms. The molecule has 0 heterocycles. The van der Waals surface area contributed by atoms with Crippen molar-refractivity contribution in [1.29, 1.82) is 0 Å². The second kappa shape index (κ2) is 5.93. The molecule has 5 heteroatoms. The van der Waals surface area contributed by atoms with Gasteiger partial charge in [0.25, 0.3) is 0 Å². The van der Waals surface area contributed by atoms with Gasteiger partial charge in [-0.05, 0) is 25.1 Å². The van der Waals surface area contributed by atoms with Gasteiger partial charge < -0.3 is 4.74 Å². The van der Waals surface area contributed by atoms with E-state index in [1.807, 2.05) is 6.92 Å². The van der Waals surface area contributed by atoms with Gasteiger partial charge in [-0.2, -0.15) is 0 Å². The zero-order chi connectivity index (χ0) is 14.0. The third-order valence-corrected chi connectivity index (χ3v) is 3.63. The third kappa shape index (κ3) is 3.95. The summed E-state index contributed by atoms with van der Waals surface area (Å²) in [7, 11) is 0. The molecule has 1 aliphatic rings. The summed E-state index contributed by atoms with van der Waals surface area (Å²) >= 11 is 11.8. The molecule has 0 aromatic heterocycles. The standard InChI is InChI=1S/C14H14Cl2O3/c1-8(9-2-12(17)7-13(18)3-9)19-14-5-10(15)4-11(16)6-14/h4-6,8-9H,2-3,7H2,1H3. The lowest BCUT2D eigenvalue weighted by molar-refractivity contribution is -0.132. The summed E-state index contributed by atoms with van der Waals surface area (Å²) in [5.74, 6) is 0.448. The van der Waals surface area contributed by atoms with Crippen molar-refractivity contribution in [3.05, 3.63) is 28.2 Å². The highest BCUT2D eigenvalue weighted by Crippen LogP contribution is 2.29. The number of carbonyl (C=O) groups excluding carboxylic acids is 2. The van der Waals surface area contributed by atoms with E-state index in [4.69, 9.17) is 27.9 Å². The number of hydrogen-bond donors (Lipinski definition) is 0. The van der Waals surface area contributed by atoms with E-state index < -0.39 is 0 Å². The first kappa shape index (κ1) is 14.4. The number of carbonyl (C=O) groups is 2. The van der Waals surface area contributed by atoms with Gasteiger partial charge in [0.05, 0.1) is 12.5 Å². The summed E-state index contributed by atoms with van der Waals surface area (Å²) in [6.07, 6.45) is 0.608. The summed E-state index contributed by atoms with van der Waals surface area (Å²) < 4.78 is 5.74. The van der Waals surface area contributed by atoms with Gasteiger partial charge in [-0.25, -0.2) is 0 Å². The van der Waals surface area contributed by atoms with Crippen LogP contribution in [0, 0.1) is 5.92 Å². The van der Waals surface area contributed by atoms with E-state index in [0.29, 0.717) is 28.6 Å². The number of benzene rings is 1. The van der Waals surface area contributed by atoms with Gasteiger partial charge in [0.1, 0.15) is 17.3 Å². The Hall–Kier alpha value is -1.06. The van der Waals surface area contributed by atoms with Crippen LogP contribution in [-0.4, -0.2) is 17.7 Å². The van der Waals surface area contributed by atoms with E-state index in [1.165, 1.54) is 0 Å².